The van der Waals surface area contributed by atoms with Crippen LogP contribution < -0.4 is 5.73 Å². The van der Waals surface area contributed by atoms with Crippen molar-refractivity contribution in [2.45, 2.75) is 30.2 Å². The van der Waals surface area contributed by atoms with E-state index in [4.69, 9.17) is 5.73 Å². The lowest BCUT2D eigenvalue weighted by Crippen LogP contribution is -2.47. The van der Waals surface area contributed by atoms with E-state index in [1.807, 2.05) is 36.4 Å². The Balaban J connectivity index is 1.97. The molecule has 0 saturated carbocycles. The van der Waals surface area contributed by atoms with Crippen molar-refractivity contribution in [3.05, 3.63) is 54.6 Å². The van der Waals surface area contributed by atoms with E-state index in [-0.39, 0.29) is 6.04 Å². The summed E-state index contributed by atoms with van der Waals surface area (Å²) in [5.41, 5.74) is 7.71. The van der Waals surface area contributed by atoms with Crippen molar-refractivity contribution >= 4 is 10.0 Å². The van der Waals surface area contributed by atoms with Crippen molar-refractivity contribution in [2.75, 3.05) is 13.1 Å². The highest BCUT2D eigenvalue weighted by Gasteiger charge is 2.32. The van der Waals surface area contributed by atoms with Crippen LogP contribution in [0.15, 0.2) is 59.5 Å². The summed E-state index contributed by atoms with van der Waals surface area (Å²) in [6.45, 7) is 0.928. The van der Waals surface area contributed by atoms with Crippen molar-refractivity contribution in [3.8, 4) is 11.1 Å². The quantitative estimate of drug-likeness (QED) is 0.937. The topological polar surface area (TPSA) is 63.4 Å². The summed E-state index contributed by atoms with van der Waals surface area (Å²) in [5.74, 6) is 0. The molecular weight excluding hydrogens is 308 g/mol. The van der Waals surface area contributed by atoms with Crippen LogP contribution in [0.2, 0.25) is 0 Å². The molecule has 0 bridgehead atoms. The average Bonchev–Trinajstić information content (AvgIpc) is 2.62. The zero-order valence-corrected chi connectivity index (χ0v) is 13.9. The number of nitrogens with two attached hydrogens (primary N) is 1. The SMILES string of the molecule is NCC1CCCCN1S(=O)(=O)c1cccc(-c2ccccc2)c1. The smallest absolute Gasteiger partial charge is 0.243 e. The second-order valence-electron chi connectivity index (χ2n) is 5.89. The van der Waals surface area contributed by atoms with Crippen LogP contribution >= 0.6 is 0 Å². The normalized spacial score (nSPS) is 19.6. The summed E-state index contributed by atoms with van der Waals surface area (Å²) in [4.78, 5) is 0.346. The Hall–Kier alpha value is -1.69. The maximum atomic E-state index is 13.0. The minimum atomic E-state index is -3.50. The number of hydrogen-bond donors (Lipinski definition) is 1. The van der Waals surface area contributed by atoms with Gasteiger partial charge in [-0.25, -0.2) is 8.42 Å². The van der Waals surface area contributed by atoms with E-state index in [0.29, 0.717) is 18.0 Å². The van der Waals surface area contributed by atoms with E-state index in [2.05, 4.69) is 0 Å². The van der Waals surface area contributed by atoms with Crippen molar-refractivity contribution in [1.29, 1.82) is 0 Å². The Kier molecular flexibility index (Phi) is 4.80. The molecule has 23 heavy (non-hydrogen) atoms. The second-order valence-corrected chi connectivity index (χ2v) is 7.79. The maximum absolute atomic E-state index is 13.0. The van der Waals surface area contributed by atoms with Gasteiger partial charge < -0.3 is 5.73 Å². The van der Waals surface area contributed by atoms with Gasteiger partial charge >= 0.3 is 0 Å². The van der Waals surface area contributed by atoms with Crippen molar-refractivity contribution in [2.24, 2.45) is 5.73 Å². The first kappa shape index (κ1) is 16.2. The van der Waals surface area contributed by atoms with Crippen molar-refractivity contribution in [1.82, 2.24) is 4.31 Å². The first-order valence-corrected chi connectivity index (χ1v) is 9.44. The third-order valence-corrected chi connectivity index (χ3v) is 6.34. The molecule has 0 aliphatic carbocycles. The monoisotopic (exact) mass is 330 g/mol. The number of nitrogens with zero attached hydrogens (tertiary/aromatic N) is 1. The fourth-order valence-electron chi connectivity index (χ4n) is 3.13. The van der Waals surface area contributed by atoms with Gasteiger partial charge in [-0.1, -0.05) is 48.9 Å². The Morgan fingerprint density at radius 3 is 2.48 bits per heavy atom. The predicted octanol–water partition coefficient (Wildman–Crippen LogP) is 2.86. The summed E-state index contributed by atoms with van der Waals surface area (Å²) in [6, 6.07) is 16.9. The summed E-state index contributed by atoms with van der Waals surface area (Å²) in [7, 11) is -3.50. The lowest BCUT2D eigenvalue weighted by molar-refractivity contribution is 0.257. The van der Waals surface area contributed by atoms with Gasteiger partial charge in [-0.15, -0.1) is 0 Å². The van der Waals surface area contributed by atoms with Gasteiger partial charge in [0.05, 0.1) is 4.90 Å². The second kappa shape index (κ2) is 6.83. The first-order valence-electron chi connectivity index (χ1n) is 8.00. The van der Waals surface area contributed by atoms with Gasteiger partial charge in [-0.2, -0.15) is 4.31 Å². The van der Waals surface area contributed by atoms with Gasteiger partial charge in [-0.05, 0) is 36.1 Å². The van der Waals surface area contributed by atoms with Gasteiger partial charge in [0, 0.05) is 19.1 Å². The summed E-state index contributed by atoms with van der Waals surface area (Å²) < 4.78 is 27.6. The van der Waals surface area contributed by atoms with Crippen molar-refractivity contribution in [3.63, 3.8) is 0 Å². The van der Waals surface area contributed by atoms with E-state index in [1.54, 1.807) is 22.5 Å². The summed E-state index contributed by atoms with van der Waals surface area (Å²) in [6.07, 6.45) is 2.78. The molecule has 0 aromatic heterocycles. The van der Waals surface area contributed by atoms with Crippen LogP contribution in [0.3, 0.4) is 0 Å². The molecule has 1 saturated heterocycles. The molecule has 0 amide bonds. The summed E-state index contributed by atoms with van der Waals surface area (Å²) >= 11 is 0. The highest BCUT2D eigenvalue weighted by atomic mass is 32.2. The Bertz CT molecular complexity index is 760. The summed E-state index contributed by atoms with van der Waals surface area (Å²) in [5, 5.41) is 0. The van der Waals surface area contributed by atoms with Gasteiger partial charge in [0.15, 0.2) is 0 Å². The minimum Gasteiger partial charge on any atom is -0.329 e. The van der Waals surface area contributed by atoms with E-state index in [0.717, 1.165) is 30.4 Å². The lowest BCUT2D eigenvalue weighted by atomic mass is 10.1. The van der Waals surface area contributed by atoms with Crippen molar-refractivity contribution < 1.29 is 8.42 Å². The fourth-order valence-corrected chi connectivity index (χ4v) is 4.88. The third kappa shape index (κ3) is 3.32. The van der Waals surface area contributed by atoms with Crippen LogP contribution in [-0.2, 0) is 10.0 Å². The minimum absolute atomic E-state index is 0.0888. The Morgan fingerprint density at radius 1 is 1.00 bits per heavy atom. The van der Waals surface area contributed by atoms with Gasteiger partial charge in [0.2, 0.25) is 10.0 Å². The third-order valence-electron chi connectivity index (χ3n) is 4.39. The molecule has 1 unspecified atom stereocenters. The van der Waals surface area contributed by atoms with Gasteiger partial charge in [0.1, 0.15) is 0 Å². The number of benzene rings is 2. The van der Waals surface area contributed by atoms with Gasteiger partial charge in [-0.3, -0.25) is 0 Å². The van der Waals surface area contributed by atoms with Crippen LogP contribution in [0.5, 0.6) is 0 Å². The van der Waals surface area contributed by atoms with E-state index in [1.165, 1.54) is 0 Å². The maximum Gasteiger partial charge on any atom is 0.243 e. The molecule has 1 aliphatic rings. The van der Waals surface area contributed by atoms with Crippen LogP contribution in [-0.4, -0.2) is 31.9 Å². The zero-order chi connectivity index (χ0) is 16.3. The van der Waals surface area contributed by atoms with Gasteiger partial charge in [0.25, 0.3) is 0 Å². The molecule has 5 heteroatoms. The molecule has 122 valence electrons. The molecule has 2 aromatic rings. The fraction of sp³-hybridized carbons (Fsp3) is 0.333. The largest absolute Gasteiger partial charge is 0.329 e. The Labute approximate surface area is 138 Å². The average molecular weight is 330 g/mol. The van der Waals surface area contributed by atoms with Crippen LogP contribution in [0.1, 0.15) is 19.3 Å². The van der Waals surface area contributed by atoms with Crippen LogP contribution in [0.4, 0.5) is 0 Å². The molecule has 2 aromatic carbocycles. The lowest BCUT2D eigenvalue weighted by Gasteiger charge is -2.33. The molecule has 1 aliphatic heterocycles. The molecule has 0 radical (unpaired) electrons. The highest BCUT2D eigenvalue weighted by molar-refractivity contribution is 7.89. The van der Waals surface area contributed by atoms with Crippen LogP contribution in [0, 0.1) is 0 Å². The Morgan fingerprint density at radius 2 is 1.74 bits per heavy atom. The van der Waals surface area contributed by atoms with E-state index in [9.17, 15) is 8.42 Å². The number of sulfonamides is 1. The standard InChI is InChI=1S/C18H22N2O2S/c19-14-17-10-4-5-12-20(17)23(21,22)18-11-6-9-16(13-18)15-7-2-1-3-8-15/h1-3,6-9,11,13,17H,4-5,10,12,14,19H2. The molecule has 2 N–H and O–H groups in total. The molecule has 4 nitrogen and oxygen atoms in total. The number of piperidine rings is 1. The van der Waals surface area contributed by atoms with E-state index < -0.39 is 10.0 Å². The first-order chi connectivity index (χ1) is 11.1. The zero-order valence-electron chi connectivity index (χ0n) is 13.1. The molecule has 0 spiro atoms. The molecule has 1 atom stereocenters. The van der Waals surface area contributed by atoms with E-state index >= 15 is 0 Å². The number of hydrogen-bond acceptors (Lipinski definition) is 3. The molecule has 3 rings (SSSR count). The highest BCUT2D eigenvalue weighted by Crippen LogP contribution is 2.28. The molecule has 1 heterocycles. The van der Waals surface area contributed by atoms with Crippen LogP contribution in [0.25, 0.3) is 11.1 Å². The number of rotatable bonds is 4. The predicted molar refractivity (Wildman–Crippen MR) is 92.5 cm³/mol. The molecule has 1 fully saturated rings. The molecular formula is C18H22N2O2S.